The Balaban J connectivity index is 2.30. The summed E-state index contributed by atoms with van der Waals surface area (Å²) < 4.78 is 5.48. The molecule has 0 amide bonds. The van der Waals surface area contributed by atoms with Crippen molar-refractivity contribution in [2.75, 3.05) is 32.8 Å². The van der Waals surface area contributed by atoms with E-state index in [4.69, 9.17) is 4.74 Å². The van der Waals surface area contributed by atoms with Crippen LogP contribution in [-0.2, 0) is 4.74 Å². The second-order valence-electron chi connectivity index (χ2n) is 6.36. The van der Waals surface area contributed by atoms with Gasteiger partial charge in [0.25, 0.3) is 0 Å². The Hall–Kier alpha value is -0.120. The van der Waals surface area contributed by atoms with E-state index >= 15 is 0 Å². The molecule has 1 aliphatic rings. The quantitative estimate of drug-likeness (QED) is 0.675. The van der Waals surface area contributed by atoms with E-state index in [0.29, 0.717) is 0 Å². The highest BCUT2D eigenvalue weighted by Gasteiger charge is 2.34. The van der Waals surface area contributed by atoms with Crippen LogP contribution in [0, 0.1) is 5.92 Å². The van der Waals surface area contributed by atoms with Crippen LogP contribution in [0.25, 0.3) is 0 Å². The molecule has 1 N–H and O–H groups in total. The molecule has 2 atom stereocenters. The number of nitrogens with one attached hydrogen (secondary N) is 1. The van der Waals surface area contributed by atoms with Gasteiger partial charge in [-0.1, -0.05) is 6.92 Å². The van der Waals surface area contributed by atoms with Crippen LogP contribution in [-0.4, -0.2) is 49.3 Å². The molecule has 0 bridgehead atoms. The number of likely N-dealkylation sites (N-methyl/N-ethyl adjacent to an activating group) is 1. The van der Waals surface area contributed by atoms with E-state index < -0.39 is 0 Å². The zero-order valence-electron chi connectivity index (χ0n) is 13.0. The first-order valence-electron chi connectivity index (χ1n) is 7.54. The molecule has 108 valence electrons. The van der Waals surface area contributed by atoms with Crippen LogP contribution in [0.5, 0.6) is 0 Å². The summed E-state index contributed by atoms with van der Waals surface area (Å²) >= 11 is 0. The van der Waals surface area contributed by atoms with Gasteiger partial charge in [-0.25, -0.2) is 0 Å². The maximum absolute atomic E-state index is 5.48. The van der Waals surface area contributed by atoms with Crippen molar-refractivity contribution in [1.82, 2.24) is 10.2 Å². The minimum absolute atomic E-state index is 0.239. The molecular formula is C15H32N2O. The van der Waals surface area contributed by atoms with Gasteiger partial charge >= 0.3 is 0 Å². The molecule has 18 heavy (non-hydrogen) atoms. The summed E-state index contributed by atoms with van der Waals surface area (Å²) in [6.45, 7) is 16.1. The molecule has 0 heterocycles. The molecule has 1 aliphatic carbocycles. The molecule has 0 aliphatic heterocycles. The minimum atomic E-state index is 0.239. The van der Waals surface area contributed by atoms with Gasteiger partial charge in [0.15, 0.2) is 0 Å². The summed E-state index contributed by atoms with van der Waals surface area (Å²) in [5.74, 6) is 0.825. The summed E-state index contributed by atoms with van der Waals surface area (Å²) in [5.41, 5.74) is 0.239. The summed E-state index contributed by atoms with van der Waals surface area (Å²) in [7, 11) is 0. The van der Waals surface area contributed by atoms with Crippen molar-refractivity contribution in [2.24, 2.45) is 5.92 Å². The predicted molar refractivity (Wildman–Crippen MR) is 78.0 cm³/mol. The highest BCUT2D eigenvalue weighted by Crippen LogP contribution is 2.31. The normalized spacial score (nSPS) is 24.3. The van der Waals surface area contributed by atoms with Crippen LogP contribution < -0.4 is 5.32 Å². The van der Waals surface area contributed by atoms with E-state index in [1.54, 1.807) is 0 Å². The van der Waals surface area contributed by atoms with Gasteiger partial charge in [-0.15, -0.1) is 0 Å². The summed E-state index contributed by atoms with van der Waals surface area (Å²) in [5, 5.41) is 3.64. The van der Waals surface area contributed by atoms with Gasteiger partial charge in [-0.05, 0) is 59.5 Å². The molecule has 1 rings (SSSR count). The lowest BCUT2D eigenvalue weighted by atomic mass is 9.78. The second kappa shape index (κ2) is 7.46. The molecule has 0 aromatic carbocycles. The van der Waals surface area contributed by atoms with E-state index in [1.807, 2.05) is 0 Å². The van der Waals surface area contributed by atoms with E-state index in [-0.39, 0.29) is 5.54 Å². The SMILES string of the molecule is CCOCCN(CC)C1CCC1CNC(C)(C)C. The van der Waals surface area contributed by atoms with Crippen LogP contribution in [0.2, 0.25) is 0 Å². The highest BCUT2D eigenvalue weighted by atomic mass is 16.5. The molecule has 0 aromatic rings. The summed E-state index contributed by atoms with van der Waals surface area (Å²) in [4.78, 5) is 2.59. The van der Waals surface area contributed by atoms with Crippen molar-refractivity contribution >= 4 is 0 Å². The highest BCUT2D eigenvalue weighted by molar-refractivity contribution is 4.91. The molecule has 1 fully saturated rings. The number of nitrogens with zero attached hydrogens (tertiary/aromatic N) is 1. The van der Waals surface area contributed by atoms with Crippen molar-refractivity contribution in [3.05, 3.63) is 0 Å². The lowest BCUT2D eigenvalue weighted by Gasteiger charge is -2.45. The molecular weight excluding hydrogens is 224 g/mol. The molecule has 0 spiro atoms. The minimum Gasteiger partial charge on any atom is -0.380 e. The summed E-state index contributed by atoms with van der Waals surface area (Å²) in [6, 6.07) is 0.769. The smallest absolute Gasteiger partial charge is 0.0593 e. The van der Waals surface area contributed by atoms with Gasteiger partial charge in [-0.3, -0.25) is 4.90 Å². The standard InChI is InChI=1S/C15H32N2O/c1-6-17(10-11-18-7-2)14-9-8-13(14)12-16-15(3,4)5/h13-14,16H,6-12H2,1-5H3. The maximum Gasteiger partial charge on any atom is 0.0593 e. The fourth-order valence-electron chi connectivity index (χ4n) is 2.59. The maximum atomic E-state index is 5.48. The lowest BCUT2D eigenvalue weighted by molar-refractivity contribution is 0.0336. The van der Waals surface area contributed by atoms with Crippen molar-refractivity contribution in [1.29, 1.82) is 0 Å². The van der Waals surface area contributed by atoms with Crippen molar-refractivity contribution < 1.29 is 4.74 Å². The van der Waals surface area contributed by atoms with Gasteiger partial charge in [-0.2, -0.15) is 0 Å². The van der Waals surface area contributed by atoms with Crippen LogP contribution in [0.3, 0.4) is 0 Å². The van der Waals surface area contributed by atoms with Crippen molar-refractivity contribution in [3.8, 4) is 0 Å². The van der Waals surface area contributed by atoms with Crippen LogP contribution in [0.15, 0.2) is 0 Å². The number of hydrogen-bond acceptors (Lipinski definition) is 3. The molecule has 3 heteroatoms. The average Bonchev–Trinajstić information content (AvgIpc) is 2.24. The third-order valence-corrected chi connectivity index (χ3v) is 3.87. The fourth-order valence-corrected chi connectivity index (χ4v) is 2.59. The molecule has 1 saturated carbocycles. The number of ether oxygens (including phenoxy) is 1. The van der Waals surface area contributed by atoms with Gasteiger partial charge in [0.1, 0.15) is 0 Å². The monoisotopic (exact) mass is 256 g/mol. The number of hydrogen-bond donors (Lipinski definition) is 1. The topological polar surface area (TPSA) is 24.5 Å². The molecule has 0 aromatic heterocycles. The molecule has 2 unspecified atom stereocenters. The Morgan fingerprint density at radius 2 is 1.94 bits per heavy atom. The third-order valence-electron chi connectivity index (χ3n) is 3.87. The van der Waals surface area contributed by atoms with Crippen molar-refractivity contribution in [2.45, 2.75) is 59.0 Å². The Morgan fingerprint density at radius 3 is 2.39 bits per heavy atom. The summed E-state index contributed by atoms with van der Waals surface area (Å²) in [6.07, 6.45) is 2.73. The Morgan fingerprint density at radius 1 is 1.22 bits per heavy atom. The fraction of sp³-hybridized carbons (Fsp3) is 1.00. The van der Waals surface area contributed by atoms with Crippen LogP contribution >= 0.6 is 0 Å². The zero-order chi connectivity index (χ0) is 13.6. The first-order valence-corrected chi connectivity index (χ1v) is 7.54. The van der Waals surface area contributed by atoms with E-state index in [1.165, 1.54) is 12.8 Å². The van der Waals surface area contributed by atoms with Crippen LogP contribution in [0.1, 0.15) is 47.5 Å². The van der Waals surface area contributed by atoms with Crippen molar-refractivity contribution in [3.63, 3.8) is 0 Å². The van der Waals surface area contributed by atoms with Crippen LogP contribution in [0.4, 0.5) is 0 Å². The Labute approximate surface area is 113 Å². The first-order chi connectivity index (χ1) is 8.48. The Bertz CT molecular complexity index is 225. The van der Waals surface area contributed by atoms with Gasteiger partial charge < -0.3 is 10.1 Å². The second-order valence-corrected chi connectivity index (χ2v) is 6.36. The molecule has 3 nitrogen and oxygen atoms in total. The van der Waals surface area contributed by atoms with Gasteiger partial charge in [0.2, 0.25) is 0 Å². The van der Waals surface area contributed by atoms with E-state index in [9.17, 15) is 0 Å². The lowest BCUT2D eigenvalue weighted by Crippen LogP contribution is -2.53. The third kappa shape index (κ3) is 5.25. The molecule has 0 saturated heterocycles. The van der Waals surface area contributed by atoms with E-state index in [2.05, 4.69) is 44.8 Å². The van der Waals surface area contributed by atoms with E-state index in [0.717, 1.165) is 44.8 Å². The Kier molecular flexibility index (Phi) is 6.61. The predicted octanol–water partition coefficient (Wildman–Crippen LogP) is 2.51. The zero-order valence-corrected chi connectivity index (χ0v) is 13.0. The molecule has 0 radical (unpaired) electrons. The van der Waals surface area contributed by atoms with Gasteiger partial charge in [0, 0.05) is 24.7 Å². The largest absolute Gasteiger partial charge is 0.380 e. The van der Waals surface area contributed by atoms with Gasteiger partial charge in [0.05, 0.1) is 6.61 Å². The number of rotatable bonds is 8. The first kappa shape index (κ1) is 15.9. The average molecular weight is 256 g/mol.